The topological polar surface area (TPSA) is 47.6 Å². The van der Waals surface area contributed by atoms with E-state index in [0.29, 0.717) is 53.5 Å². The highest BCUT2D eigenvalue weighted by atomic mass is 35.5. The highest BCUT2D eigenvalue weighted by molar-refractivity contribution is 6.36. The van der Waals surface area contributed by atoms with Crippen LogP contribution in [0.15, 0.2) is 60.7 Å². The Morgan fingerprint density at radius 2 is 0.967 bits per heavy atom. The fourth-order valence-corrected chi connectivity index (χ4v) is 3.66. The van der Waals surface area contributed by atoms with E-state index in [2.05, 4.69) is 12.1 Å². The molecule has 0 saturated heterocycles. The molecule has 3 rings (SSSR count). The predicted octanol–water partition coefficient (Wildman–Crippen LogP) is 8.43. The molecule has 2 nitrogen and oxygen atoms in total. The average molecular weight is 470 g/mol. The maximum Gasteiger partial charge on any atom is 0.0998 e. The number of hydrogen-bond donors (Lipinski definition) is 0. The quantitative estimate of drug-likeness (QED) is 0.284. The van der Waals surface area contributed by atoms with Crippen molar-refractivity contribution < 1.29 is 0 Å². The first kappa shape index (κ1) is 22.0. The molecule has 0 N–H and O–H groups in total. The summed E-state index contributed by atoms with van der Waals surface area (Å²) in [6.07, 6.45) is 3.39. The van der Waals surface area contributed by atoms with Crippen molar-refractivity contribution in [1.82, 2.24) is 0 Å². The van der Waals surface area contributed by atoms with Crippen molar-refractivity contribution >= 4 is 69.7 Å². The van der Waals surface area contributed by atoms with Crippen molar-refractivity contribution in [2.45, 2.75) is 0 Å². The molecule has 0 fully saturated rings. The smallest absolute Gasteiger partial charge is 0.0998 e. The highest BCUT2D eigenvalue weighted by Crippen LogP contribution is 2.28. The van der Waals surface area contributed by atoms with E-state index >= 15 is 0 Å². The molecule has 0 heterocycles. The van der Waals surface area contributed by atoms with Crippen LogP contribution in [0.2, 0.25) is 20.1 Å². The second-order valence-corrected chi connectivity index (χ2v) is 7.94. The molecule has 0 amide bonds. The van der Waals surface area contributed by atoms with Crippen LogP contribution < -0.4 is 0 Å². The van der Waals surface area contributed by atoms with E-state index in [4.69, 9.17) is 46.4 Å². The highest BCUT2D eigenvalue weighted by Gasteiger charge is 2.08. The van der Waals surface area contributed by atoms with Crippen LogP contribution in [0.3, 0.4) is 0 Å². The summed E-state index contributed by atoms with van der Waals surface area (Å²) in [5, 5.41) is 21.1. The Bertz CT molecular complexity index is 1150. The van der Waals surface area contributed by atoms with Crippen molar-refractivity contribution in [2.24, 2.45) is 0 Å². The van der Waals surface area contributed by atoms with Crippen molar-refractivity contribution in [1.29, 1.82) is 10.5 Å². The van der Waals surface area contributed by atoms with Gasteiger partial charge in [0.05, 0.1) is 23.3 Å². The van der Waals surface area contributed by atoms with Crippen LogP contribution in [0.5, 0.6) is 0 Å². The first-order chi connectivity index (χ1) is 14.4. The Morgan fingerprint density at radius 1 is 0.600 bits per heavy atom. The number of halogens is 4. The van der Waals surface area contributed by atoms with Crippen LogP contribution in [0.1, 0.15) is 22.3 Å². The number of benzene rings is 3. The lowest BCUT2D eigenvalue weighted by Crippen LogP contribution is -1.87. The molecule has 0 aliphatic carbocycles. The number of rotatable bonds is 4. The molecule has 6 heteroatoms. The number of nitriles is 2. The van der Waals surface area contributed by atoms with Crippen LogP contribution in [0.25, 0.3) is 23.3 Å². The van der Waals surface area contributed by atoms with Gasteiger partial charge in [0.15, 0.2) is 0 Å². The molecule has 146 valence electrons. The van der Waals surface area contributed by atoms with Gasteiger partial charge in [0, 0.05) is 20.1 Å². The minimum atomic E-state index is 0.439. The van der Waals surface area contributed by atoms with Crippen LogP contribution >= 0.6 is 46.4 Å². The van der Waals surface area contributed by atoms with Gasteiger partial charge in [-0.15, -0.1) is 0 Å². The maximum atomic E-state index is 9.58. The molecule has 3 aromatic carbocycles. The molecule has 0 aliphatic rings. The summed E-state index contributed by atoms with van der Waals surface area (Å²) < 4.78 is 0. The first-order valence-electron chi connectivity index (χ1n) is 8.66. The largest absolute Gasteiger partial charge is 0.192 e. The SMILES string of the molecule is N#CC(=Cc1ccc(Cl)cc1Cl)c1ccc(C(C#N)=Cc2ccc(Cl)cc2Cl)cc1. The third kappa shape index (κ3) is 5.25. The van der Waals surface area contributed by atoms with Gasteiger partial charge in [-0.2, -0.15) is 10.5 Å². The number of nitrogens with zero attached hydrogens (tertiary/aromatic N) is 2. The van der Waals surface area contributed by atoms with Crippen molar-refractivity contribution in [2.75, 3.05) is 0 Å². The van der Waals surface area contributed by atoms with Gasteiger partial charge < -0.3 is 0 Å². The first-order valence-corrected chi connectivity index (χ1v) is 10.2. The van der Waals surface area contributed by atoms with Crippen LogP contribution in [-0.2, 0) is 0 Å². The normalized spacial score (nSPS) is 11.7. The van der Waals surface area contributed by atoms with E-state index in [1.807, 2.05) is 0 Å². The van der Waals surface area contributed by atoms with Crippen molar-refractivity contribution in [3.63, 3.8) is 0 Å². The second kappa shape index (κ2) is 9.86. The summed E-state index contributed by atoms with van der Waals surface area (Å²) in [7, 11) is 0. The maximum absolute atomic E-state index is 9.58. The van der Waals surface area contributed by atoms with Gasteiger partial charge in [-0.25, -0.2) is 0 Å². The lowest BCUT2D eigenvalue weighted by molar-refractivity contribution is 1.50. The number of hydrogen-bond acceptors (Lipinski definition) is 2. The molecular weight excluding hydrogens is 458 g/mol. The zero-order chi connectivity index (χ0) is 21.7. The molecule has 0 aliphatic heterocycles. The minimum absolute atomic E-state index is 0.439. The predicted molar refractivity (Wildman–Crippen MR) is 126 cm³/mol. The number of allylic oxidation sites excluding steroid dienone is 2. The summed E-state index contributed by atoms with van der Waals surface area (Å²) in [6.45, 7) is 0. The Morgan fingerprint density at radius 3 is 1.27 bits per heavy atom. The van der Waals surface area contributed by atoms with E-state index in [1.165, 1.54) is 0 Å². The lowest BCUT2D eigenvalue weighted by atomic mass is 9.99. The van der Waals surface area contributed by atoms with Gasteiger partial charge >= 0.3 is 0 Å². The zero-order valence-corrected chi connectivity index (χ0v) is 18.4. The van der Waals surface area contributed by atoms with Gasteiger partial charge in [-0.1, -0.05) is 82.8 Å². The van der Waals surface area contributed by atoms with Crippen LogP contribution in [0, 0.1) is 22.7 Å². The summed E-state index contributed by atoms with van der Waals surface area (Å²) in [6, 6.07) is 21.7. The summed E-state index contributed by atoms with van der Waals surface area (Å²) >= 11 is 24.3. The van der Waals surface area contributed by atoms with E-state index in [1.54, 1.807) is 72.8 Å². The summed E-state index contributed by atoms with van der Waals surface area (Å²) in [5.41, 5.74) is 3.67. The van der Waals surface area contributed by atoms with Gasteiger partial charge in [-0.3, -0.25) is 0 Å². The van der Waals surface area contributed by atoms with Gasteiger partial charge in [0.2, 0.25) is 0 Å². The minimum Gasteiger partial charge on any atom is -0.192 e. The molecule has 0 spiro atoms. The summed E-state index contributed by atoms with van der Waals surface area (Å²) in [5.74, 6) is 0. The molecule has 0 atom stereocenters. The molecule has 0 bridgehead atoms. The molecule has 0 radical (unpaired) electrons. The second-order valence-electron chi connectivity index (χ2n) is 6.25. The van der Waals surface area contributed by atoms with Gasteiger partial charge in [0.1, 0.15) is 0 Å². The zero-order valence-electron chi connectivity index (χ0n) is 15.3. The van der Waals surface area contributed by atoms with E-state index in [9.17, 15) is 10.5 Å². The third-order valence-electron chi connectivity index (χ3n) is 4.27. The monoisotopic (exact) mass is 468 g/mol. The van der Waals surface area contributed by atoms with Gasteiger partial charge in [0.25, 0.3) is 0 Å². The molecule has 0 unspecified atom stereocenters. The average Bonchev–Trinajstić information content (AvgIpc) is 2.73. The molecule has 0 aromatic heterocycles. The third-order valence-corrected chi connectivity index (χ3v) is 5.40. The Kier molecular flexibility index (Phi) is 7.22. The summed E-state index contributed by atoms with van der Waals surface area (Å²) in [4.78, 5) is 0. The fourth-order valence-electron chi connectivity index (χ4n) is 2.74. The Balaban J connectivity index is 1.94. The molecular formula is C24H12Cl4N2. The lowest BCUT2D eigenvalue weighted by Gasteiger charge is -2.05. The fraction of sp³-hybridized carbons (Fsp3) is 0. The van der Waals surface area contributed by atoms with E-state index in [0.717, 1.165) is 0 Å². The van der Waals surface area contributed by atoms with Crippen molar-refractivity contribution in [3.05, 3.63) is 103 Å². The standard InChI is InChI=1S/C24H12Cl4N2/c25-21-7-5-17(23(27)11-21)9-19(13-29)15-1-2-16(4-3-15)20(14-30)10-18-6-8-22(26)12-24(18)28/h1-12H. The Labute approximate surface area is 194 Å². The van der Waals surface area contributed by atoms with E-state index < -0.39 is 0 Å². The molecule has 0 saturated carbocycles. The van der Waals surface area contributed by atoms with Gasteiger partial charge in [-0.05, 0) is 58.7 Å². The van der Waals surface area contributed by atoms with Crippen LogP contribution in [0.4, 0.5) is 0 Å². The Hall–Kier alpha value is -2.72. The molecule has 30 heavy (non-hydrogen) atoms. The van der Waals surface area contributed by atoms with E-state index in [-0.39, 0.29) is 0 Å². The molecule has 3 aromatic rings. The van der Waals surface area contributed by atoms with Crippen LogP contribution in [-0.4, -0.2) is 0 Å². The van der Waals surface area contributed by atoms with Crippen molar-refractivity contribution in [3.8, 4) is 12.1 Å².